The summed E-state index contributed by atoms with van der Waals surface area (Å²) in [5.74, 6) is 0. The minimum absolute atomic E-state index is 1.08. The van der Waals surface area contributed by atoms with Crippen molar-refractivity contribution < 1.29 is 17.2 Å². The van der Waals surface area contributed by atoms with Crippen LogP contribution in [0.1, 0.15) is 38.3 Å². The Morgan fingerprint density at radius 3 is 2.38 bits per heavy atom. The van der Waals surface area contributed by atoms with E-state index in [0.29, 0.717) is 0 Å². The molecule has 126 valence electrons. The van der Waals surface area contributed by atoms with E-state index in [1.165, 1.54) is 38.9 Å². The molecule has 1 heterocycles. The molecule has 0 aliphatic carbocycles. The summed E-state index contributed by atoms with van der Waals surface area (Å²) in [4.78, 5) is 0. The molecule has 1 aliphatic heterocycles. The summed E-state index contributed by atoms with van der Waals surface area (Å²) in [5, 5.41) is 2.81. The fourth-order valence-corrected chi connectivity index (χ4v) is 3.14. The maximum absolute atomic E-state index is 8.44. The van der Waals surface area contributed by atoms with Crippen LogP contribution in [-0.4, -0.2) is 29.5 Å². The Balaban J connectivity index is 0.000000471. The zero-order valence-electron chi connectivity index (χ0n) is 14.5. The first kappa shape index (κ1) is 18.1. The Bertz CT molecular complexity index is 944. The Hall–Kier alpha value is -2.27. The van der Waals surface area contributed by atoms with Gasteiger partial charge in [-0.15, -0.1) is 12.6 Å². The number of hydrogen-bond acceptors (Lipinski definition) is 3. The monoisotopic (exact) mass is 344 g/mol. The molecule has 0 atom stereocenters. The molecule has 2 aromatic rings. The number of allylic oxidation sites excluding steroid dienone is 2. The average molecular weight is 344 g/mol. The zero-order valence-corrected chi connectivity index (χ0v) is 15.3. The molecule has 1 aliphatic rings. The number of benzene rings is 2. The summed E-state index contributed by atoms with van der Waals surface area (Å²) in [7, 11) is -3.11. The van der Waals surface area contributed by atoms with Crippen molar-refractivity contribution in [3.8, 4) is 0 Å². The van der Waals surface area contributed by atoms with E-state index in [9.17, 15) is 0 Å². The number of hydrogen-bond donors (Lipinski definition) is 0. The quantitative estimate of drug-likeness (QED) is 0.792. The van der Waals surface area contributed by atoms with Crippen LogP contribution in [0, 0.1) is 6.92 Å². The highest BCUT2D eigenvalue weighted by Gasteiger charge is 2.30. The second-order valence-electron chi connectivity index (χ2n) is 6.09. The Morgan fingerprint density at radius 2 is 1.79 bits per heavy atom. The fraction of sp³-hybridized carbons (Fsp3) is 0.316. The van der Waals surface area contributed by atoms with Crippen LogP contribution in [-0.2, 0) is 10.6 Å². The molecule has 0 fully saturated rings. The molecule has 24 heavy (non-hydrogen) atoms. The summed E-state index contributed by atoms with van der Waals surface area (Å²) < 4.78 is 27.8. The van der Waals surface area contributed by atoms with Crippen LogP contribution in [0.4, 0.5) is 5.69 Å². The van der Waals surface area contributed by atoms with Crippen molar-refractivity contribution in [2.45, 2.75) is 34.1 Å². The van der Waals surface area contributed by atoms with Gasteiger partial charge in [-0.05, 0) is 37.8 Å². The van der Waals surface area contributed by atoms with Crippen LogP contribution < -0.4 is 0 Å². The van der Waals surface area contributed by atoms with Crippen LogP contribution >= 0.6 is 0 Å². The van der Waals surface area contributed by atoms with E-state index in [4.69, 9.17) is 12.6 Å². The van der Waals surface area contributed by atoms with E-state index < -0.39 is 10.6 Å². The van der Waals surface area contributed by atoms with Gasteiger partial charge < -0.3 is 0 Å². The van der Waals surface area contributed by atoms with E-state index in [-0.39, 0.29) is 0 Å². The lowest BCUT2D eigenvalue weighted by Gasteiger charge is -2.02. The van der Waals surface area contributed by atoms with Gasteiger partial charge in [-0.3, -0.25) is 0 Å². The minimum atomic E-state index is -3.11. The Labute approximate surface area is 144 Å². The van der Waals surface area contributed by atoms with Crippen LogP contribution in [0.25, 0.3) is 10.8 Å². The van der Waals surface area contributed by atoms with Gasteiger partial charge in [-0.25, -0.2) is 0 Å². The smallest absolute Gasteiger partial charge is 0.191 e. The molecule has 0 radical (unpaired) electrons. The van der Waals surface area contributed by atoms with Gasteiger partial charge in [0, 0.05) is 18.6 Å². The molecular formula is C19H22NO3S+. The predicted octanol–water partition coefficient (Wildman–Crippen LogP) is 3.97. The highest BCUT2D eigenvalue weighted by atomic mass is 32.2. The molecule has 0 bridgehead atoms. The van der Waals surface area contributed by atoms with E-state index >= 15 is 0 Å². The summed E-state index contributed by atoms with van der Waals surface area (Å²) >= 11 is 0. The number of nitrogens with zero attached hydrogens (tertiary/aromatic N) is 1. The zero-order chi connectivity index (χ0) is 17.9. The molecular weight excluding hydrogens is 322 g/mol. The number of rotatable bonds is 3. The minimum Gasteiger partial charge on any atom is -0.191 e. The summed E-state index contributed by atoms with van der Waals surface area (Å²) in [6.45, 7) is 9.86. The maximum atomic E-state index is 8.44. The first-order valence-corrected chi connectivity index (χ1v) is 8.95. The molecule has 2 aromatic carbocycles. The van der Waals surface area contributed by atoms with Crippen molar-refractivity contribution in [3.05, 3.63) is 53.1 Å². The van der Waals surface area contributed by atoms with E-state index in [0.717, 1.165) is 13.0 Å². The first-order valence-electron chi connectivity index (χ1n) is 7.95. The topological polar surface area (TPSA) is 54.2 Å². The first-order chi connectivity index (χ1) is 11.4. The third-order valence-electron chi connectivity index (χ3n) is 3.97. The van der Waals surface area contributed by atoms with Gasteiger partial charge in [0.2, 0.25) is 11.4 Å². The Morgan fingerprint density at radius 1 is 1.12 bits per heavy atom. The van der Waals surface area contributed by atoms with Crippen molar-refractivity contribution in [2.24, 2.45) is 0 Å². The summed E-state index contributed by atoms with van der Waals surface area (Å²) in [6, 6.07) is 11.2. The van der Waals surface area contributed by atoms with Gasteiger partial charge >= 0.3 is 10.6 Å². The Kier molecular flexibility index (Phi) is 5.67. The van der Waals surface area contributed by atoms with Crippen molar-refractivity contribution in [1.29, 1.82) is 0 Å². The molecule has 0 unspecified atom stereocenters. The average Bonchev–Trinajstić information content (AvgIpc) is 2.78. The highest BCUT2D eigenvalue weighted by Crippen LogP contribution is 2.37. The van der Waals surface area contributed by atoms with Crippen LogP contribution in [0.5, 0.6) is 0 Å². The molecule has 5 heteroatoms. The van der Waals surface area contributed by atoms with E-state index in [2.05, 4.69) is 68.7 Å². The summed E-state index contributed by atoms with van der Waals surface area (Å²) in [6.07, 6.45) is 3.48. The van der Waals surface area contributed by atoms with Crippen molar-refractivity contribution >= 4 is 32.8 Å². The SMILES string of the molecule is CCC[N+]1=C(C=C(C)C)c2cccc3c(C)ccc1c23.O=S(=O)=O. The normalized spacial score (nSPS) is 12.0. The third kappa shape index (κ3) is 3.62. The molecule has 0 saturated heterocycles. The molecule has 4 nitrogen and oxygen atoms in total. The lowest BCUT2D eigenvalue weighted by Crippen LogP contribution is -2.13. The van der Waals surface area contributed by atoms with E-state index in [1.807, 2.05) is 0 Å². The van der Waals surface area contributed by atoms with Gasteiger partial charge in [0.1, 0.15) is 6.54 Å². The molecule has 0 aromatic heterocycles. The van der Waals surface area contributed by atoms with Gasteiger partial charge in [0.15, 0.2) is 0 Å². The largest absolute Gasteiger partial charge is 0.425 e. The van der Waals surface area contributed by atoms with Crippen molar-refractivity contribution in [3.63, 3.8) is 0 Å². The van der Waals surface area contributed by atoms with Gasteiger partial charge in [-0.2, -0.15) is 4.58 Å². The molecule has 0 N–H and O–H groups in total. The third-order valence-corrected chi connectivity index (χ3v) is 3.97. The fourth-order valence-electron chi connectivity index (χ4n) is 3.14. The van der Waals surface area contributed by atoms with Gasteiger partial charge in [0.05, 0.1) is 10.9 Å². The standard InChI is InChI=1S/C19H22N.O3S/c1-5-11-20-17-10-9-14(4)15-7-6-8-16(19(15)17)18(20)12-13(2)3;1-4(2)3/h6-10,12H,5,11H2,1-4H3;/q+1;. The molecule has 0 saturated carbocycles. The van der Waals surface area contributed by atoms with Gasteiger partial charge in [-0.1, -0.05) is 30.7 Å². The van der Waals surface area contributed by atoms with Crippen LogP contribution in [0.2, 0.25) is 0 Å². The molecule has 3 rings (SSSR count). The molecule has 0 spiro atoms. The van der Waals surface area contributed by atoms with Crippen molar-refractivity contribution in [1.82, 2.24) is 0 Å². The summed E-state index contributed by atoms with van der Waals surface area (Å²) in [5.41, 5.74) is 6.83. The second kappa shape index (κ2) is 7.53. The van der Waals surface area contributed by atoms with Crippen LogP contribution in [0.3, 0.4) is 0 Å². The van der Waals surface area contributed by atoms with Crippen LogP contribution in [0.15, 0.2) is 42.0 Å². The molecule has 0 amide bonds. The number of aryl methyl sites for hydroxylation is 1. The van der Waals surface area contributed by atoms with Gasteiger partial charge in [0.25, 0.3) is 0 Å². The maximum Gasteiger partial charge on any atom is 0.425 e. The highest BCUT2D eigenvalue weighted by molar-refractivity contribution is 7.59. The lowest BCUT2D eigenvalue weighted by molar-refractivity contribution is -0.435. The predicted molar refractivity (Wildman–Crippen MR) is 97.0 cm³/mol. The second-order valence-corrected chi connectivity index (χ2v) is 6.50. The van der Waals surface area contributed by atoms with E-state index in [1.54, 1.807) is 0 Å². The van der Waals surface area contributed by atoms with Crippen molar-refractivity contribution in [2.75, 3.05) is 6.54 Å². The lowest BCUT2D eigenvalue weighted by atomic mass is 9.98.